The topological polar surface area (TPSA) is 41.1 Å². The highest BCUT2D eigenvalue weighted by Gasteiger charge is 2.22. The van der Waals surface area contributed by atoms with E-state index in [1.807, 2.05) is 0 Å². The molecule has 4 heteroatoms. The molecule has 1 fully saturated rings. The molecule has 112 valence electrons. The molecular formula is C16H25ClN2O. The third kappa shape index (κ3) is 4.50. The monoisotopic (exact) mass is 296 g/mol. The largest absolute Gasteiger partial charge is 0.349 e. The Morgan fingerprint density at radius 1 is 1.40 bits per heavy atom. The summed E-state index contributed by atoms with van der Waals surface area (Å²) >= 11 is 0. The zero-order valence-electron chi connectivity index (χ0n) is 12.3. The van der Waals surface area contributed by atoms with E-state index in [1.54, 1.807) is 0 Å². The van der Waals surface area contributed by atoms with E-state index in [-0.39, 0.29) is 30.3 Å². The maximum Gasteiger partial charge on any atom is 0.224 e. The summed E-state index contributed by atoms with van der Waals surface area (Å²) < 4.78 is 0. The van der Waals surface area contributed by atoms with Crippen LogP contribution >= 0.6 is 12.4 Å². The van der Waals surface area contributed by atoms with Gasteiger partial charge >= 0.3 is 0 Å². The highest BCUT2D eigenvalue weighted by Crippen LogP contribution is 2.16. The molecule has 1 saturated heterocycles. The molecule has 2 unspecified atom stereocenters. The Labute approximate surface area is 127 Å². The minimum Gasteiger partial charge on any atom is -0.349 e. The molecule has 0 aliphatic carbocycles. The average molecular weight is 297 g/mol. The van der Waals surface area contributed by atoms with Crippen molar-refractivity contribution in [3.8, 4) is 0 Å². The lowest BCUT2D eigenvalue weighted by Crippen LogP contribution is -2.41. The van der Waals surface area contributed by atoms with Crippen LogP contribution in [-0.2, 0) is 11.2 Å². The molecule has 2 N–H and O–H groups in total. The number of nitrogens with one attached hydrogen (secondary N) is 2. The highest BCUT2D eigenvalue weighted by molar-refractivity contribution is 5.85. The Bertz CT molecular complexity index is 413. The summed E-state index contributed by atoms with van der Waals surface area (Å²) in [5, 5.41) is 6.41. The molecule has 3 nitrogen and oxygen atoms in total. The lowest BCUT2D eigenvalue weighted by Gasteiger charge is -2.24. The van der Waals surface area contributed by atoms with Gasteiger partial charge in [-0.3, -0.25) is 4.79 Å². The number of hydrogen-bond donors (Lipinski definition) is 2. The number of rotatable bonds is 4. The second-order valence-electron chi connectivity index (χ2n) is 5.37. The molecule has 1 amide bonds. The summed E-state index contributed by atoms with van der Waals surface area (Å²) in [5.74, 6) is 0.311. The van der Waals surface area contributed by atoms with E-state index in [9.17, 15) is 4.79 Å². The number of hydrogen-bond acceptors (Lipinski definition) is 2. The average Bonchev–Trinajstić information content (AvgIpc) is 2.48. The predicted octanol–water partition coefficient (Wildman–Crippen LogP) is 2.85. The van der Waals surface area contributed by atoms with Gasteiger partial charge in [-0.1, -0.05) is 31.2 Å². The summed E-state index contributed by atoms with van der Waals surface area (Å²) in [6.45, 7) is 6.05. The van der Waals surface area contributed by atoms with Crippen molar-refractivity contribution in [1.82, 2.24) is 10.6 Å². The van der Waals surface area contributed by atoms with Gasteiger partial charge in [0.25, 0.3) is 0 Å². The molecule has 2 atom stereocenters. The van der Waals surface area contributed by atoms with Crippen LogP contribution in [0.4, 0.5) is 0 Å². The molecule has 1 aliphatic rings. The molecule has 0 spiro atoms. The van der Waals surface area contributed by atoms with Gasteiger partial charge in [-0.2, -0.15) is 0 Å². The Hall–Kier alpha value is -1.06. The zero-order valence-corrected chi connectivity index (χ0v) is 13.1. The van der Waals surface area contributed by atoms with Crippen LogP contribution in [0.25, 0.3) is 0 Å². The summed E-state index contributed by atoms with van der Waals surface area (Å²) in [7, 11) is 0. The number of amides is 1. The number of benzene rings is 1. The molecule has 0 saturated carbocycles. The Kier molecular flexibility index (Phi) is 7.03. The number of halogens is 1. The van der Waals surface area contributed by atoms with Crippen LogP contribution in [-0.4, -0.2) is 19.0 Å². The lowest BCUT2D eigenvalue weighted by atomic mass is 9.97. The van der Waals surface area contributed by atoms with Crippen LogP contribution in [0, 0.1) is 5.92 Å². The summed E-state index contributed by atoms with van der Waals surface area (Å²) in [5.41, 5.74) is 2.51. The standard InChI is InChI=1S/C16H24N2O.ClH/c1-3-13-6-8-14(9-7-13)12(2)18-16(19)15-5-4-10-17-11-15;/h6-9,12,15,17H,3-5,10-11H2,1-2H3,(H,18,19);1H. The molecule has 20 heavy (non-hydrogen) atoms. The van der Waals surface area contributed by atoms with Crippen molar-refractivity contribution >= 4 is 18.3 Å². The van der Waals surface area contributed by atoms with Gasteiger partial charge < -0.3 is 10.6 Å². The van der Waals surface area contributed by atoms with E-state index >= 15 is 0 Å². The first-order valence-corrected chi connectivity index (χ1v) is 7.30. The quantitative estimate of drug-likeness (QED) is 0.897. The van der Waals surface area contributed by atoms with Crippen LogP contribution in [0.1, 0.15) is 43.9 Å². The molecule has 1 aromatic rings. The first kappa shape index (κ1) is 17.0. The SMILES string of the molecule is CCc1ccc(C(C)NC(=O)C2CCCNC2)cc1.Cl. The van der Waals surface area contributed by atoms with E-state index in [4.69, 9.17) is 0 Å². The van der Waals surface area contributed by atoms with Crippen molar-refractivity contribution in [2.45, 2.75) is 39.2 Å². The smallest absolute Gasteiger partial charge is 0.224 e. The van der Waals surface area contributed by atoms with Gasteiger partial charge in [-0.15, -0.1) is 12.4 Å². The molecule has 0 radical (unpaired) electrons. The fraction of sp³-hybridized carbons (Fsp3) is 0.562. The van der Waals surface area contributed by atoms with Gasteiger partial charge in [0, 0.05) is 6.54 Å². The van der Waals surface area contributed by atoms with Gasteiger partial charge in [-0.25, -0.2) is 0 Å². The molecule has 1 aromatic carbocycles. The first-order valence-electron chi connectivity index (χ1n) is 7.30. The van der Waals surface area contributed by atoms with Crippen LogP contribution in [0.2, 0.25) is 0 Å². The van der Waals surface area contributed by atoms with Gasteiger partial charge in [0.05, 0.1) is 12.0 Å². The molecule has 1 heterocycles. The fourth-order valence-electron chi connectivity index (χ4n) is 2.53. The van der Waals surface area contributed by atoms with Crippen molar-refractivity contribution in [3.05, 3.63) is 35.4 Å². The number of piperidine rings is 1. The van der Waals surface area contributed by atoms with Crippen molar-refractivity contribution in [3.63, 3.8) is 0 Å². The van der Waals surface area contributed by atoms with E-state index in [2.05, 4.69) is 48.7 Å². The Balaban J connectivity index is 0.00000200. The predicted molar refractivity (Wildman–Crippen MR) is 85.2 cm³/mol. The van der Waals surface area contributed by atoms with Crippen LogP contribution in [0.3, 0.4) is 0 Å². The zero-order chi connectivity index (χ0) is 13.7. The van der Waals surface area contributed by atoms with Gasteiger partial charge in [0.2, 0.25) is 5.91 Å². The van der Waals surface area contributed by atoms with Crippen molar-refractivity contribution in [2.75, 3.05) is 13.1 Å². The van der Waals surface area contributed by atoms with Gasteiger partial charge in [-0.05, 0) is 43.9 Å². The second-order valence-corrected chi connectivity index (χ2v) is 5.37. The van der Waals surface area contributed by atoms with Crippen molar-refractivity contribution in [2.24, 2.45) is 5.92 Å². The third-order valence-corrected chi connectivity index (χ3v) is 3.91. The van der Waals surface area contributed by atoms with E-state index in [0.29, 0.717) is 0 Å². The summed E-state index contributed by atoms with van der Waals surface area (Å²) in [6.07, 6.45) is 3.15. The number of carbonyl (C=O) groups excluding carboxylic acids is 1. The number of carbonyl (C=O) groups is 1. The first-order chi connectivity index (χ1) is 9.20. The maximum atomic E-state index is 12.2. The van der Waals surface area contributed by atoms with Gasteiger partial charge in [0.15, 0.2) is 0 Å². The van der Waals surface area contributed by atoms with E-state index in [0.717, 1.165) is 32.4 Å². The highest BCUT2D eigenvalue weighted by atomic mass is 35.5. The summed E-state index contributed by atoms with van der Waals surface area (Å²) in [6, 6.07) is 8.59. The minimum absolute atomic E-state index is 0. The normalized spacial score (nSPS) is 19.8. The number of aryl methyl sites for hydroxylation is 1. The lowest BCUT2D eigenvalue weighted by molar-refractivity contribution is -0.126. The van der Waals surface area contributed by atoms with Crippen molar-refractivity contribution < 1.29 is 4.79 Å². The summed E-state index contributed by atoms with van der Waals surface area (Å²) in [4.78, 5) is 12.2. The molecule has 1 aliphatic heterocycles. The maximum absolute atomic E-state index is 12.2. The van der Waals surface area contributed by atoms with Crippen molar-refractivity contribution in [1.29, 1.82) is 0 Å². The minimum atomic E-state index is 0. The Morgan fingerprint density at radius 2 is 2.10 bits per heavy atom. The molecule has 0 aromatic heterocycles. The second kappa shape index (κ2) is 8.28. The fourth-order valence-corrected chi connectivity index (χ4v) is 2.53. The third-order valence-electron chi connectivity index (χ3n) is 3.91. The molecule has 2 rings (SSSR count). The Morgan fingerprint density at radius 3 is 2.65 bits per heavy atom. The van der Waals surface area contributed by atoms with Crippen LogP contribution in [0.15, 0.2) is 24.3 Å². The van der Waals surface area contributed by atoms with Crippen LogP contribution in [0.5, 0.6) is 0 Å². The van der Waals surface area contributed by atoms with Crippen LogP contribution < -0.4 is 10.6 Å². The van der Waals surface area contributed by atoms with E-state index < -0.39 is 0 Å². The molecular weight excluding hydrogens is 272 g/mol. The molecule has 0 bridgehead atoms. The van der Waals surface area contributed by atoms with E-state index in [1.165, 1.54) is 11.1 Å². The van der Waals surface area contributed by atoms with Gasteiger partial charge in [0.1, 0.15) is 0 Å².